The van der Waals surface area contributed by atoms with Gasteiger partial charge >= 0.3 is 0 Å². The zero-order chi connectivity index (χ0) is 18.9. The van der Waals surface area contributed by atoms with Gasteiger partial charge in [-0.2, -0.15) is 0 Å². The molecule has 3 rings (SSSR count). The highest BCUT2D eigenvalue weighted by atomic mass is 32.2. The summed E-state index contributed by atoms with van der Waals surface area (Å²) in [6, 6.07) is 5.68. The number of rotatable bonds is 6. The molecule has 1 fully saturated rings. The molecule has 0 spiro atoms. The summed E-state index contributed by atoms with van der Waals surface area (Å²) >= 11 is 1.23. The van der Waals surface area contributed by atoms with E-state index >= 15 is 0 Å². The summed E-state index contributed by atoms with van der Waals surface area (Å²) in [6.07, 6.45) is 1.10. The van der Waals surface area contributed by atoms with Gasteiger partial charge in [-0.15, -0.1) is 10.2 Å². The van der Waals surface area contributed by atoms with E-state index in [0.717, 1.165) is 11.1 Å². The van der Waals surface area contributed by atoms with E-state index < -0.39 is 9.84 Å². The first-order valence-corrected chi connectivity index (χ1v) is 11.2. The highest BCUT2D eigenvalue weighted by molar-refractivity contribution is 8.00. The lowest BCUT2D eigenvalue weighted by atomic mass is 10.0. The maximum Gasteiger partial charge on any atom is 0.277 e. The van der Waals surface area contributed by atoms with E-state index in [4.69, 9.17) is 4.42 Å². The molecule has 2 aromatic rings. The summed E-state index contributed by atoms with van der Waals surface area (Å²) in [5, 5.41) is 7.97. The van der Waals surface area contributed by atoms with Gasteiger partial charge in [0.15, 0.2) is 15.6 Å². The topological polar surface area (TPSA) is 90.1 Å². The van der Waals surface area contributed by atoms with E-state index in [-0.39, 0.29) is 28.5 Å². The molecule has 2 unspecified atom stereocenters. The molecule has 140 valence electrons. The number of benzene rings is 1. The molecule has 26 heavy (non-hydrogen) atoms. The monoisotopic (exact) mass is 394 g/mol. The second-order valence-corrected chi connectivity index (χ2v) is 10.4. The van der Waals surface area contributed by atoms with Crippen LogP contribution in [0.25, 0.3) is 0 Å². The fraction of sp³-hybridized carbons (Fsp3) is 0.500. The van der Waals surface area contributed by atoms with Crippen molar-refractivity contribution in [2.45, 2.75) is 44.1 Å². The summed E-state index contributed by atoms with van der Waals surface area (Å²) in [6.45, 7) is 5.81. The Morgan fingerprint density at radius 1 is 1.31 bits per heavy atom. The number of aromatic nitrogens is 2. The van der Waals surface area contributed by atoms with Crippen molar-refractivity contribution < 1.29 is 17.6 Å². The average molecular weight is 395 g/mol. The Morgan fingerprint density at radius 2 is 2.08 bits per heavy atom. The smallest absolute Gasteiger partial charge is 0.277 e. The van der Waals surface area contributed by atoms with Gasteiger partial charge in [-0.05, 0) is 50.3 Å². The number of nitrogens with zero attached hydrogens (tertiary/aromatic N) is 2. The Balaban J connectivity index is 1.61. The molecule has 8 heteroatoms. The van der Waals surface area contributed by atoms with Crippen LogP contribution in [-0.4, -0.2) is 41.2 Å². The van der Waals surface area contributed by atoms with E-state index in [2.05, 4.69) is 10.2 Å². The number of hydrogen-bond acceptors (Lipinski definition) is 7. The van der Waals surface area contributed by atoms with E-state index in [9.17, 15) is 13.2 Å². The van der Waals surface area contributed by atoms with Crippen molar-refractivity contribution in [2.24, 2.45) is 5.92 Å². The third-order valence-electron chi connectivity index (χ3n) is 4.68. The average Bonchev–Trinajstić information content (AvgIpc) is 3.15. The van der Waals surface area contributed by atoms with Crippen molar-refractivity contribution >= 4 is 27.4 Å². The molecule has 0 bridgehead atoms. The van der Waals surface area contributed by atoms with Gasteiger partial charge in [-0.25, -0.2) is 8.42 Å². The minimum Gasteiger partial charge on any atom is -0.416 e. The molecule has 1 saturated heterocycles. The van der Waals surface area contributed by atoms with Crippen LogP contribution < -0.4 is 0 Å². The molecule has 2 atom stereocenters. The van der Waals surface area contributed by atoms with Crippen LogP contribution in [-0.2, 0) is 16.3 Å². The van der Waals surface area contributed by atoms with Gasteiger partial charge in [0.1, 0.15) is 0 Å². The Labute approximate surface area is 157 Å². The minimum atomic E-state index is -2.92. The molecule has 1 aliphatic rings. The highest BCUT2D eigenvalue weighted by Gasteiger charge is 2.29. The van der Waals surface area contributed by atoms with E-state index in [1.54, 1.807) is 0 Å². The number of ketones is 1. The SMILES string of the molecule is Cc1ccc(C(=O)C(C)Sc2nnc(CC3CCS(=O)(=O)C3)o2)cc1C. The summed E-state index contributed by atoms with van der Waals surface area (Å²) < 4.78 is 28.7. The van der Waals surface area contributed by atoms with Crippen LogP contribution >= 0.6 is 11.8 Å². The molecule has 0 amide bonds. The van der Waals surface area contributed by atoms with Gasteiger partial charge in [0, 0.05) is 12.0 Å². The van der Waals surface area contributed by atoms with Crippen LogP contribution in [0.1, 0.15) is 40.7 Å². The molecule has 0 saturated carbocycles. The van der Waals surface area contributed by atoms with Gasteiger partial charge in [0.2, 0.25) is 5.89 Å². The fourth-order valence-electron chi connectivity index (χ4n) is 2.98. The van der Waals surface area contributed by atoms with Crippen LogP contribution in [0.15, 0.2) is 27.8 Å². The second-order valence-electron chi connectivity index (χ2n) is 6.86. The van der Waals surface area contributed by atoms with Gasteiger partial charge in [-0.1, -0.05) is 23.9 Å². The van der Waals surface area contributed by atoms with Crippen molar-refractivity contribution in [3.8, 4) is 0 Å². The number of Topliss-reactive ketones (excluding diaryl/α,β-unsaturated/α-hetero) is 1. The van der Waals surface area contributed by atoms with E-state index in [1.807, 2.05) is 39.0 Å². The van der Waals surface area contributed by atoms with Crippen LogP contribution in [0.5, 0.6) is 0 Å². The highest BCUT2D eigenvalue weighted by Crippen LogP contribution is 2.27. The first-order chi connectivity index (χ1) is 12.2. The first kappa shape index (κ1) is 19.1. The Kier molecular flexibility index (Phi) is 5.53. The molecule has 6 nitrogen and oxygen atoms in total. The first-order valence-electron chi connectivity index (χ1n) is 8.54. The normalized spacial score (nSPS) is 20.2. The summed E-state index contributed by atoms with van der Waals surface area (Å²) in [5.74, 6) is 0.891. The lowest BCUT2D eigenvalue weighted by molar-refractivity contribution is 0.0993. The number of thioether (sulfide) groups is 1. The van der Waals surface area contributed by atoms with Crippen LogP contribution in [0.4, 0.5) is 0 Å². The molecule has 0 radical (unpaired) electrons. The third kappa shape index (κ3) is 4.54. The number of carbonyl (C=O) groups is 1. The number of sulfone groups is 1. The molecule has 1 aromatic carbocycles. The predicted octanol–water partition coefficient (Wildman–Crippen LogP) is 3.03. The standard InChI is InChI=1S/C18H22N2O4S2/c1-11-4-5-15(8-12(11)2)17(21)13(3)25-18-20-19-16(24-18)9-14-6-7-26(22,23)10-14/h4-5,8,13-14H,6-7,9-10H2,1-3H3. The van der Waals surface area contributed by atoms with Crippen molar-refractivity contribution in [3.63, 3.8) is 0 Å². The van der Waals surface area contributed by atoms with E-state index in [1.165, 1.54) is 11.8 Å². The minimum absolute atomic E-state index is 0.0136. The third-order valence-corrected chi connectivity index (χ3v) is 7.45. The maximum atomic E-state index is 12.6. The molecular formula is C18H22N2O4S2. The lowest BCUT2D eigenvalue weighted by Crippen LogP contribution is -2.13. The van der Waals surface area contributed by atoms with Crippen molar-refractivity contribution in [1.82, 2.24) is 10.2 Å². The molecule has 1 aliphatic heterocycles. The van der Waals surface area contributed by atoms with Gasteiger partial charge in [0.05, 0.1) is 16.8 Å². The lowest BCUT2D eigenvalue weighted by Gasteiger charge is -2.09. The quantitative estimate of drug-likeness (QED) is 0.549. The van der Waals surface area contributed by atoms with E-state index in [0.29, 0.717) is 29.5 Å². The summed E-state index contributed by atoms with van der Waals surface area (Å²) in [7, 11) is -2.92. The Hall–Kier alpha value is -1.67. The molecule has 0 N–H and O–H groups in total. The van der Waals surface area contributed by atoms with Crippen LogP contribution in [0.2, 0.25) is 0 Å². The predicted molar refractivity (Wildman–Crippen MR) is 100 cm³/mol. The van der Waals surface area contributed by atoms with Crippen LogP contribution in [0, 0.1) is 19.8 Å². The zero-order valence-corrected chi connectivity index (χ0v) is 16.7. The molecule has 1 aromatic heterocycles. The number of hydrogen-bond donors (Lipinski definition) is 0. The van der Waals surface area contributed by atoms with Crippen LogP contribution in [0.3, 0.4) is 0 Å². The summed E-state index contributed by atoms with van der Waals surface area (Å²) in [5.41, 5.74) is 2.90. The number of aryl methyl sites for hydroxylation is 2. The molecular weight excluding hydrogens is 372 g/mol. The van der Waals surface area contributed by atoms with Crippen molar-refractivity contribution in [3.05, 3.63) is 40.8 Å². The largest absolute Gasteiger partial charge is 0.416 e. The fourth-order valence-corrected chi connectivity index (χ4v) is 5.62. The second kappa shape index (κ2) is 7.52. The zero-order valence-electron chi connectivity index (χ0n) is 15.1. The van der Waals surface area contributed by atoms with Crippen molar-refractivity contribution in [2.75, 3.05) is 11.5 Å². The van der Waals surface area contributed by atoms with Gasteiger partial charge in [-0.3, -0.25) is 4.79 Å². The maximum absolute atomic E-state index is 12.6. The molecule has 0 aliphatic carbocycles. The Morgan fingerprint density at radius 3 is 2.73 bits per heavy atom. The number of carbonyl (C=O) groups excluding carboxylic acids is 1. The van der Waals surface area contributed by atoms with Gasteiger partial charge in [0.25, 0.3) is 5.22 Å². The molecule has 2 heterocycles. The van der Waals surface area contributed by atoms with Crippen molar-refractivity contribution in [1.29, 1.82) is 0 Å². The Bertz CT molecular complexity index is 921. The van der Waals surface area contributed by atoms with Gasteiger partial charge < -0.3 is 4.42 Å². The summed E-state index contributed by atoms with van der Waals surface area (Å²) in [4.78, 5) is 12.6.